The topological polar surface area (TPSA) is 62.6 Å². The Labute approximate surface area is 166 Å². The van der Waals surface area contributed by atoms with E-state index in [0.717, 1.165) is 30.4 Å². The summed E-state index contributed by atoms with van der Waals surface area (Å²) >= 11 is 0. The molecule has 1 saturated heterocycles. The summed E-state index contributed by atoms with van der Waals surface area (Å²) in [6.45, 7) is 1.49. The third-order valence-corrected chi connectivity index (χ3v) is 5.27. The molecule has 150 valence electrons. The Morgan fingerprint density at radius 3 is 2.55 bits per heavy atom. The van der Waals surface area contributed by atoms with Gasteiger partial charge in [0.1, 0.15) is 17.2 Å². The number of nitrogens with zero attached hydrogens (tertiary/aromatic N) is 1. The Kier molecular flexibility index (Phi) is 5.29. The smallest absolute Gasteiger partial charge is 0.289 e. The van der Waals surface area contributed by atoms with Crippen molar-refractivity contribution in [1.29, 1.82) is 0 Å². The lowest BCUT2D eigenvalue weighted by Crippen LogP contribution is -2.41. The van der Waals surface area contributed by atoms with Crippen molar-refractivity contribution in [1.82, 2.24) is 10.2 Å². The summed E-state index contributed by atoms with van der Waals surface area (Å²) < 4.78 is 32.3. The van der Waals surface area contributed by atoms with Gasteiger partial charge in [-0.2, -0.15) is 0 Å². The van der Waals surface area contributed by atoms with Crippen LogP contribution in [0.1, 0.15) is 33.8 Å². The molecular weight excluding hydrogens is 378 g/mol. The minimum absolute atomic E-state index is 0.142. The lowest BCUT2D eigenvalue weighted by molar-refractivity contribution is 0.0655. The number of carbonyl (C=O) groups excluding carboxylic acids is 2. The molecule has 0 saturated carbocycles. The highest BCUT2D eigenvalue weighted by Gasteiger charge is 2.26. The van der Waals surface area contributed by atoms with Gasteiger partial charge in [0.15, 0.2) is 5.76 Å². The van der Waals surface area contributed by atoms with Crippen molar-refractivity contribution in [2.45, 2.75) is 12.8 Å². The number of carbonyl (C=O) groups is 2. The molecule has 29 heavy (non-hydrogen) atoms. The molecule has 1 aliphatic heterocycles. The fourth-order valence-corrected chi connectivity index (χ4v) is 3.59. The molecule has 0 unspecified atom stereocenters. The van der Waals surface area contributed by atoms with Crippen molar-refractivity contribution in [3.8, 4) is 0 Å². The molecule has 2 amide bonds. The number of benzene rings is 2. The number of para-hydroxylation sites is 1. The highest BCUT2D eigenvalue weighted by Crippen LogP contribution is 2.23. The molecule has 0 atom stereocenters. The summed E-state index contributed by atoms with van der Waals surface area (Å²) in [7, 11) is 0. The molecule has 1 N–H and O–H groups in total. The average Bonchev–Trinajstić information content (AvgIpc) is 3.16. The van der Waals surface area contributed by atoms with Gasteiger partial charge in [0.25, 0.3) is 11.8 Å². The van der Waals surface area contributed by atoms with Crippen LogP contribution in [0.3, 0.4) is 0 Å². The highest BCUT2D eigenvalue weighted by atomic mass is 19.1. The minimum atomic E-state index is -0.881. The molecule has 5 nitrogen and oxygen atoms in total. The first kappa shape index (κ1) is 19.1. The first-order chi connectivity index (χ1) is 14.0. The largest absolute Gasteiger partial charge is 0.451 e. The van der Waals surface area contributed by atoms with E-state index in [9.17, 15) is 18.4 Å². The van der Waals surface area contributed by atoms with Gasteiger partial charge in [-0.1, -0.05) is 18.2 Å². The SMILES string of the molecule is O=C(NCC1CCN(C(=O)c2cc3ccccc3o2)CC1)c1ccc(F)cc1F. The van der Waals surface area contributed by atoms with E-state index in [1.165, 1.54) is 0 Å². The molecule has 0 aliphatic carbocycles. The Bertz CT molecular complexity index is 1020. The third-order valence-electron chi connectivity index (χ3n) is 5.27. The number of nitrogens with one attached hydrogen (secondary N) is 1. The fourth-order valence-electron chi connectivity index (χ4n) is 3.59. The Morgan fingerprint density at radius 1 is 1.07 bits per heavy atom. The number of halogens is 2. The van der Waals surface area contributed by atoms with Gasteiger partial charge in [-0.25, -0.2) is 8.78 Å². The van der Waals surface area contributed by atoms with Gasteiger partial charge in [0.2, 0.25) is 0 Å². The molecule has 1 aromatic heterocycles. The van der Waals surface area contributed by atoms with E-state index >= 15 is 0 Å². The van der Waals surface area contributed by atoms with Crippen LogP contribution in [0.2, 0.25) is 0 Å². The maximum absolute atomic E-state index is 13.7. The van der Waals surface area contributed by atoms with E-state index in [2.05, 4.69) is 5.32 Å². The summed E-state index contributed by atoms with van der Waals surface area (Å²) in [5.41, 5.74) is 0.505. The van der Waals surface area contributed by atoms with Gasteiger partial charge in [-0.05, 0) is 43.0 Å². The van der Waals surface area contributed by atoms with Crippen LogP contribution in [0.5, 0.6) is 0 Å². The lowest BCUT2D eigenvalue weighted by atomic mass is 9.96. The summed E-state index contributed by atoms with van der Waals surface area (Å²) in [6.07, 6.45) is 1.44. The second kappa shape index (κ2) is 8.03. The van der Waals surface area contributed by atoms with Gasteiger partial charge in [0, 0.05) is 31.1 Å². The molecule has 1 aliphatic rings. The molecule has 4 rings (SSSR count). The molecule has 0 radical (unpaired) electrons. The normalized spacial score (nSPS) is 14.9. The van der Waals surface area contributed by atoms with E-state index in [1.54, 1.807) is 11.0 Å². The number of rotatable bonds is 4. The highest BCUT2D eigenvalue weighted by molar-refractivity contribution is 5.96. The van der Waals surface area contributed by atoms with Crippen molar-refractivity contribution < 1.29 is 22.8 Å². The number of furan rings is 1. The second-order valence-electron chi connectivity index (χ2n) is 7.22. The molecule has 0 bridgehead atoms. The molecule has 3 aromatic rings. The maximum atomic E-state index is 13.7. The van der Waals surface area contributed by atoms with Crippen LogP contribution >= 0.6 is 0 Å². The summed E-state index contributed by atoms with van der Waals surface area (Å²) in [5.74, 6) is -1.80. The third kappa shape index (κ3) is 4.13. The zero-order valence-electron chi connectivity index (χ0n) is 15.7. The minimum Gasteiger partial charge on any atom is -0.451 e. The number of piperidine rings is 1. The van der Waals surface area contributed by atoms with Crippen LogP contribution in [0.25, 0.3) is 11.0 Å². The Balaban J connectivity index is 1.30. The molecule has 0 spiro atoms. The first-order valence-corrected chi connectivity index (χ1v) is 9.52. The number of likely N-dealkylation sites (tertiary alicyclic amines) is 1. The number of fused-ring (bicyclic) bond motifs is 1. The molecule has 1 fully saturated rings. The second-order valence-corrected chi connectivity index (χ2v) is 7.22. The van der Waals surface area contributed by atoms with Crippen molar-refractivity contribution in [2.75, 3.05) is 19.6 Å². The summed E-state index contributed by atoms with van der Waals surface area (Å²) in [5, 5.41) is 3.59. The van der Waals surface area contributed by atoms with Gasteiger partial charge in [0.05, 0.1) is 5.56 Å². The summed E-state index contributed by atoms with van der Waals surface area (Å²) in [6, 6.07) is 12.1. The van der Waals surface area contributed by atoms with E-state index < -0.39 is 17.5 Å². The number of amides is 2. The predicted molar refractivity (Wildman–Crippen MR) is 104 cm³/mol. The number of hydrogen-bond acceptors (Lipinski definition) is 3. The zero-order chi connectivity index (χ0) is 20.4. The van der Waals surface area contributed by atoms with E-state index in [1.807, 2.05) is 24.3 Å². The first-order valence-electron chi connectivity index (χ1n) is 9.52. The predicted octanol–water partition coefficient (Wildman–Crippen LogP) is 3.99. The van der Waals surface area contributed by atoms with Crippen LogP contribution < -0.4 is 5.32 Å². The van der Waals surface area contributed by atoms with Crippen molar-refractivity contribution in [3.63, 3.8) is 0 Å². The van der Waals surface area contributed by atoms with Crippen LogP contribution in [-0.4, -0.2) is 36.3 Å². The van der Waals surface area contributed by atoms with Crippen molar-refractivity contribution >= 4 is 22.8 Å². The molecule has 2 heterocycles. The van der Waals surface area contributed by atoms with Crippen molar-refractivity contribution in [2.24, 2.45) is 5.92 Å². The average molecular weight is 398 g/mol. The Morgan fingerprint density at radius 2 is 1.83 bits per heavy atom. The zero-order valence-corrected chi connectivity index (χ0v) is 15.7. The standard InChI is InChI=1S/C22H20F2N2O3/c23-16-5-6-17(18(24)12-16)21(27)25-13-14-7-9-26(10-8-14)22(28)20-11-15-3-1-2-4-19(15)29-20/h1-6,11-12,14H,7-10,13H2,(H,25,27). The maximum Gasteiger partial charge on any atom is 0.289 e. The van der Waals surface area contributed by atoms with Crippen molar-refractivity contribution in [3.05, 3.63) is 71.5 Å². The number of hydrogen-bond donors (Lipinski definition) is 1. The fraction of sp³-hybridized carbons (Fsp3) is 0.273. The van der Waals surface area contributed by atoms with E-state index in [-0.39, 0.29) is 17.4 Å². The Hall–Kier alpha value is -3.22. The van der Waals surface area contributed by atoms with Gasteiger partial charge < -0.3 is 14.6 Å². The van der Waals surface area contributed by atoms with Crippen LogP contribution in [0, 0.1) is 17.6 Å². The van der Waals surface area contributed by atoms with Gasteiger partial charge in [-0.15, -0.1) is 0 Å². The van der Waals surface area contributed by atoms with E-state index in [0.29, 0.717) is 37.0 Å². The van der Waals surface area contributed by atoms with Gasteiger partial charge in [-0.3, -0.25) is 9.59 Å². The van der Waals surface area contributed by atoms with E-state index in [4.69, 9.17) is 4.42 Å². The molecule has 2 aromatic carbocycles. The van der Waals surface area contributed by atoms with Crippen LogP contribution in [0.15, 0.2) is 52.9 Å². The quantitative estimate of drug-likeness (QED) is 0.723. The van der Waals surface area contributed by atoms with Gasteiger partial charge >= 0.3 is 0 Å². The lowest BCUT2D eigenvalue weighted by Gasteiger charge is -2.31. The monoisotopic (exact) mass is 398 g/mol. The molecular formula is C22H20F2N2O3. The van der Waals surface area contributed by atoms with Crippen LogP contribution in [-0.2, 0) is 0 Å². The molecule has 7 heteroatoms. The van der Waals surface area contributed by atoms with Crippen LogP contribution in [0.4, 0.5) is 8.78 Å². The summed E-state index contributed by atoms with van der Waals surface area (Å²) in [4.78, 5) is 26.5.